The fourth-order valence-electron chi connectivity index (χ4n) is 2.65. The molecular weight excluding hydrogens is 334 g/mol. The summed E-state index contributed by atoms with van der Waals surface area (Å²) in [6.07, 6.45) is 1.63. The second kappa shape index (κ2) is 6.68. The summed E-state index contributed by atoms with van der Waals surface area (Å²) < 4.78 is 12.0. The minimum absolute atomic E-state index is 0.132. The van der Waals surface area contributed by atoms with E-state index in [1.165, 1.54) is 0 Å². The van der Waals surface area contributed by atoms with Gasteiger partial charge in [0.05, 0.1) is 12.5 Å². The van der Waals surface area contributed by atoms with E-state index in [4.69, 9.17) is 9.26 Å². The molecule has 0 amide bonds. The molecule has 0 bridgehead atoms. The Hall–Kier alpha value is -1.24. The Balaban J connectivity index is 1.73. The molecule has 3 rings (SSSR count). The monoisotopic (exact) mass is 351 g/mol. The molecule has 0 radical (unpaired) electrons. The van der Waals surface area contributed by atoms with E-state index >= 15 is 0 Å². The first-order valence-corrected chi connectivity index (χ1v) is 7.87. The number of likely N-dealkylation sites (N-methyl/N-ethyl adjacent to an activating group) is 1. The number of hydrogen-bond donors (Lipinski definition) is 1. The molecule has 2 aromatic rings. The number of nitrogens with one attached hydrogen (secondary N) is 1. The quantitative estimate of drug-likeness (QED) is 0.916. The predicted molar refractivity (Wildman–Crippen MR) is 82.3 cm³/mol. The lowest BCUT2D eigenvalue weighted by atomic mass is 9.96. The van der Waals surface area contributed by atoms with Crippen molar-refractivity contribution in [2.45, 2.75) is 24.8 Å². The molecule has 2 heterocycles. The molecular formula is C15H18BrN3O2. The molecule has 1 aromatic carbocycles. The highest BCUT2D eigenvalue weighted by Crippen LogP contribution is 2.25. The van der Waals surface area contributed by atoms with Gasteiger partial charge in [-0.3, -0.25) is 0 Å². The third-order valence-corrected chi connectivity index (χ3v) is 4.27. The maximum atomic E-state index is 5.54. The molecule has 1 aliphatic heterocycles. The molecule has 1 aliphatic rings. The maximum Gasteiger partial charge on any atom is 0.233 e. The fraction of sp³-hybridized carbons (Fsp3) is 0.467. The number of aromatic nitrogens is 2. The van der Waals surface area contributed by atoms with Gasteiger partial charge in [-0.1, -0.05) is 33.2 Å². The van der Waals surface area contributed by atoms with Crippen LogP contribution in [0.25, 0.3) is 0 Å². The van der Waals surface area contributed by atoms with Gasteiger partial charge in [-0.15, -0.1) is 0 Å². The number of nitrogens with zero attached hydrogens (tertiary/aromatic N) is 2. The zero-order valence-corrected chi connectivity index (χ0v) is 13.5. The average Bonchev–Trinajstić information content (AvgIpc) is 2.95. The van der Waals surface area contributed by atoms with Gasteiger partial charge in [0.15, 0.2) is 5.82 Å². The van der Waals surface area contributed by atoms with Crippen molar-refractivity contribution in [1.82, 2.24) is 15.5 Å². The van der Waals surface area contributed by atoms with E-state index in [0.717, 1.165) is 23.1 Å². The Morgan fingerprint density at radius 1 is 1.43 bits per heavy atom. The number of benzene rings is 1. The predicted octanol–water partition coefficient (Wildman–Crippen LogP) is 2.51. The van der Waals surface area contributed by atoms with Crippen LogP contribution >= 0.6 is 15.9 Å². The molecule has 0 saturated carbocycles. The Labute approximate surface area is 132 Å². The number of hydrogen-bond acceptors (Lipinski definition) is 5. The van der Waals surface area contributed by atoms with E-state index in [1.54, 1.807) is 0 Å². The van der Waals surface area contributed by atoms with Crippen molar-refractivity contribution in [2.24, 2.45) is 0 Å². The van der Waals surface area contributed by atoms with Crippen LogP contribution in [0.4, 0.5) is 0 Å². The lowest BCUT2D eigenvalue weighted by Gasteiger charge is -2.28. The number of halogens is 1. The minimum Gasteiger partial charge on any atom is -0.381 e. The van der Waals surface area contributed by atoms with Crippen LogP contribution in [0.3, 0.4) is 0 Å². The first-order chi connectivity index (χ1) is 10.3. The Morgan fingerprint density at radius 3 is 3.14 bits per heavy atom. The third-order valence-electron chi connectivity index (χ3n) is 3.78. The zero-order valence-electron chi connectivity index (χ0n) is 11.9. The summed E-state index contributed by atoms with van der Waals surface area (Å²) in [6.45, 7) is 1.41. The molecule has 1 N–H and O–H groups in total. The maximum absolute atomic E-state index is 5.54. The van der Waals surface area contributed by atoms with Gasteiger partial charge >= 0.3 is 0 Å². The first-order valence-electron chi connectivity index (χ1n) is 7.08. The molecule has 0 aliphatic carbocycles. The summed E-state index contributed by atoms with van der Waals surface area (Å²) in [4.78, 5) is 4.54. The largest absolute Gasteiger partial charge is 0.381 e. The molecule has 112 valence electrons. The second-order valence-electron chi connectivity index (χ2n) is 5.22. The molecule has 21 heavy (non-hydrogen) atoms. The van der Waals surface area contributed by atoms with Crippen molar-refractivity contribution >= 4 is 15.9 Å². The van der Waals surface area contributed by atoms with Gasteiger partial charge < -0.3 is 14.6 Å². The van der Waals surface area contributed by atoms with Crippen LogP contribution in [-0.4, -0.2) is 36.4 Å². The van der Waals surface area contributed by atoms with Crippen molar-refractivity contribution < 1.29 is 9.26 Å². The second-order valence-corrected chi connectivity index (χ2v) is 6.14. The van der Waals surface area contributed by atoms with Crippen LogP contribution < -0.4 is 5.32 Å². The van der Waals surface area contributed by atoms with Crippen LogP contribution in [0, 0.1) is 0 Å². The Kier molecular flexibility index (Phi) is 4.67. The summed E-state index contributed by atoms with van der Waals surface area (Å²) in [7, 11) is 1.96. The minimum atomic E-state index is 0.132. The molecule has 1 saturated heterocycles. The highest BCUT2D eigenvalue weighted by molar-refractivity contribution is 9.10. The first kappa shape index (κ1) is 14.7. The summed E-state index contributed by atoms with van der Waals surface area (Å²) in [5.41, 5.74) is 1.15. The van der Waals surface area contributed by atoms with E-state index in [-0.39, 0.29) is 5.92 Å². The van der Waals surface area contributed by atoms with Gasteiger partial charge in [0, 0.05) is 23.5 Å². The van der Waals surface area contributed by atoms with Crippen molar-refractivity contribution in [1.29, 1.82) is 0 Å². The standard InChI is InChI=1S/C15H18BrN3O2/c1-17-13-5-6-20-9-12(13)15-18-14(19-21-15)8-10-3-2-4-11(16)7-10/h2-4,7,12-13,17H,5-6,8-9H2,1H3. The van der Waals surface area contributed by atoms with E-state index in [1.807, 2.05) is 19.2 Å². The smallest absolute Gasteiger partial charge is 0.233 e. The van der Waals surface area contributed by atoms with Gasteiger partial charge in [-0.2, -0.15) is 4.98 Å². The van der Waals surface area contributed by atoms with Crippen molar-refractivity contribution in [2.75, 3.05) is 20.3 Å². The Bertz CT molecular complexity index is 602. The van der Waals surface area contributed by atoms with E-state index in [9.17, 15) is 0 Å². The molecule has 6 heteroatoms. The zero-order chi connectivity index (χ0) is 14.7. The summed E-state index contributed by atoms with van der Waals surface area (Å²) in [6, 6.07) is 8.46. The highest BCUT2D eigenvalue weighted by Gasteiger charge is 2.30. The topological polar surface area (TPSA) is 60.2 Å². The van der Waals surface area contributed by atoms with Crippen LogP contribution in [0.15, 0.2) is 33.3 Å². The van der Waals surface area contributed by atoms with Gasteiger partial charge in [-0.05, 0) is 31.2 Å². The van der Waals surface area contributed by atoms with E-state index in [0.29, 0.717) is 30.8 Å². The lowest BCUT2D eigenvalue weighted by Crippen LogP contribution is -2.39. The molecule has 2 atom stereocenters. The average molecular weight is 352 g/mol. The highest BCUT2D eigenvalue weighted by atomic mass is 79.9. The van der Waals surface area contributed by atoms with Gasteiger partial charge in [0.1, 0.15) is 0 Å². The van der Waals surface area contributed by atoms with Crippen molar-refractivity contribution in [3.63, 3.8) is 0 Å². The van der Waals surface area contributed by atoms with Crippen LogP contribution in [0.1, 0.15) is 29.6 Å². The van der Waals surface area contributed by atoms with Crippen LogP contribution in [-0.2, 0) is 11.2 Å². The lowest BCUT2D eigenvalue weighted by molar-refractivity contribution is 0.0516. The number of rotatable bonds is 4. The van der Waals surface area contributed by atoms with Crippen molar-refractivity contribution in [3.8, 4) is 0 Å². The Morgan fingerprint density at radius 2 is 2.33 bits per heavy atom. The molecule has 5 nitrogen and oxygen atoms in total. The fourth-order valence-corrected chi connectivity index (χ4v) is 3.09. The van der Waals surface area contributed by atoms with Gasteiger partial charge in [0.25, 0.3) is 0 Å². The summed E-state index contributed by atoms with van der Waals surface area (Å²) in [5, 5.41) is 7.41. The molecule has 1 aromatic heterocycles. The third kappa shape index (κ3) is 3.51. The summed E-state index contributed by atoms with van der Waals surface area (Å²) >= 11 is 3.47. The van der Waals surface area contributed by atoms with E-state index in [2.05, 4.69) is 43.5 Å². The summed E-state index contributed by atoms with van der Waals surface area (Å²) in [5.74, 6) is 1.51. The molecule has 1 fully saturated rings. The SMILES string of the molecule is CNC1CCOCC1c1nc(Cc2cccc(Br)c2)no1. The van der Waals surface area contributed by atoms with E-state index < -0.39 is 0 Å². The van der Waals surface area contributed by atoms with Gasteiger partial charge in [0.2, 0.25) is 5.89 Å². The van der Waals surface area contributed by atoms with Crippen LogP contribution in [0.5, 0.6) is 0 Å². The van der Waals surface area contributed by atoms with Crippen molar-refractivity contribution in [3.05, 3.63) is 46.0 Å². The molecule has 0 spiro atoms. The molecule has 2 unspecified atom stereocenters. The number of ether oxygens (including phenoxy) is 1. The van der Waals surface area contributed by atoms with Crippen LogP contribution in [0.2, 0.25) is 0 Å². The van der Waals surface area contributed by atoms with Gasteiger partial charge in [-0.25, -0.2) is 0 Å². The normalized spacial score (nSPS) is 22.4.